The molecular formula is C14H31NO3. The molecule has 0 saturated carbocycles. The third kappa shape index (κ3) is 8.03. The van der Waals surface area contributed by atoms with Crippen LogP contribution in [0, 0.1) is 11.3 Å². The Labute approximate surface area is 112 Å². The van der Waals surface area contributed by atoms with Crippen LogP contribution in [0.5, 0.6) is 0 Å². The van der Waals surface area contributed by atoms with Crippen molar-refractivity contribution in [2.45, 2.75) is 46.8 Å². The molecule has 0 rings (SSSR count). The van der Waals surface area contributed by atoms with E-state index < -0.39 is 6.10 Å². The molecule has 0 aromatic heterocycles. The predicted octanol–water partition coefficient (Wildman–Crippen LogP) is 1.67. The second kappa shape index (κ2) is 8.86. The summed E-state index contributed by atoms with van der Waals surface area (Å²) in [7, 11) is 1.64. The molecule has 0 bridgehead atoms. The molecule has 0 aliphatic rings. The van der Waals surface area contributed by atoms with Crippen molar-refractivity contribution in [3.63, 3.8) is 0 Å². The summed E-state index contributed by atoms with van der Waals surface area (Å²) in [5, 5.41) is 13.1. The Morgan fingerprint density at radius 3 is 2.28 bits per heavy atom. The van der Waals surface area contributed by atoms with Crippen molar-refractivity contribution in [2.75, 3.05) is 33.4 Å². The van der Waals surface area contributed by atoms with Gasteiger partial charge in [-0.2, -0.15) is 0 Å². The lowest BCUT2D eigenvalue weighted by Gasteiger charge is -2.30. The van der Waals surface area contributed by atoms with Crippen LogP contribution < -0.4 is 5.32 Å². The summed E-state index contributed by atoms with van der Waals surface area (Å²) in [5.41, 5.74) is 0.240. The number of aliphatic hydroxyl groups excluding tert-OH is 1. The van der Waals surface area contributed by atoms with Gasteiger partial charge in [-0.05, 0) is 18.3 Å². The Morgan fingerprint density at radius 2 is 1.78 bits per heavy atom. The molecule has 4 heteroatoms. The lowest BCUT2D eigenvalue weighted by Crippen LogP contribution is -2.39. The smallest absolute Gasteiger partial charge is 0.0897 e. The molecule has 2 atom stereocenters. The monoisotopic (exact) mass is 261 g/mol. The maximum Gasteiger partial charge on any atom is 0.0897 e. The normalized spacial score (nSPS) is 16.0. The third-order valence-electron chi connectivity index (χ3n) is 3.50. The highest BCUT2D eigenvalue weighted by molar-refractivity contribution is 4.75. The highest BCUT2D eigenvalue weighted by Gasteiger charge is 2.21. The van der Waals surface area contributed by atoms with Crippen LogP contribution in [-0.4, -0.2) is 50.7 Å². The molecule has 2 unspecified atom stereocenters. The molecule has 2 N–H and O–H groups in total. The molecule has 0 amide bonds. The maximum absolute atomic E-state index is 9.77. The van der Waals surface area contributed by atoms with E-state index in [4.69, 9.17) is 9.47 Å². The van der Waals surface area contributed by atoms with Gasteiger partial charge in [-0.25, -0.2) is 0 Å². The molecule has 0 aliphatic heterocycles. The van der Waals surface area contributed by atoms with Crippen LogP contribution in [0.25, 0.3) is 0 Å². The number of aliphatic hydroxyl groups is 1. The fourth-order valence-corrected chi connectivity index (χ4v) is 1.38. The molecule has 0 radical (unpaired) electrons. The maximum atomic E-state index is 9.77. The van der Waals surface area contributed by atoms with Gasteiger partial charge < -0.3 is 19.9 Å². The molecule has 0 aromatic carbocycles. The largest absolute Gasteiger partial charge is 0.389 e. The Morgan fingerprint density at radius 1 is 1.17 bits per heavy atom. The van der Waals surface area contributed by atoms with Gasteiger partial charge in [0.25, 0.3) is 0 Å². The average molecular weight is 261 g/mol. The van der Waals surface area contributed by atoms with E-state index in [2.05, 4.69) is 33.0 Å². The number of hydrogen-bond donors (Lipinski definition) is 2. The van der Waals surface area contributed by atoms with Gasteiger partial charge in [0, 0.05) is 20.2 Å². The van der Waals surface area contributed by atoms with Crippen molar-refractivity contribution in [3.8, 4) is 0 Å². The molecule has 0 saturated heterocycles. The molecule has 0 spiro atoms. The van der Waals surface area contributed by atoms with Gasteiger partial charge in [-0.15, -0.1) is 0 Å². The summed E-state index contributed by atoms with van der Waals surface area (Å²) in [5.74, 6) is 0.611. The van der Waals surface area contributed by atoms with Gasteiger partial charge in [0.1, 0.15) is 0 Å². The van der Waals surface area contributed by atoms with Crippen LogP contribution in [0.4, 0.5) is 0 Å². The highest BCUT2D eigenvalue weighted by atomic mass is 16.5. The molecule has 4 nitrogen and oxygen atoms in total. The lowest BCUT2D eigenvalue weighted by molar-refractivity contribution is -0.0315. The summed E-state index contributed by atoms with van der Waals surface area (Å²) >= 11 is 0. The predicted molar refractivity (Wildman–Crippen MR) is 74.8 cm³/mol. The summed E-state index contributed by atoms with van der Waals surface area (Å²) < 4.78 is 10.4. The summed E-state index contributed by atoms with van der Waals surface area (Å²) in [6.45, 7) is 13.2. The van der Waals surface area contributed by atoms with Gasteiger partial charge in [0.2, 0.25) is 0 Å². The third-order valence-corrected chi connectivity index (χ3v) is 3.50. The van der Waals surface area contributed by atoms with E-state index in [1.807, 2.05) is 6.92 Å². The van der Waals surface area contributed by atoms with Gasteiger partial charge in [0.05, 0.1) is 25.4 Å². The second-order valence-electron chi connectivity index (χ2n) is 6.03. The SMILES string of the molecule is COCC(C)OCC(O)CNCC(C)(C)C(C)C. The number of nitrogens with one attached hydrogen (secondary N) is 1. The van der Waals surface area contributed by atoms with Crippen molar-refractivity contribution in [1.29, 1.82) is 0 Å². The van der Waals surface area contributed by atoms with Gasteiger partial charge in [0.15, 0.2) is 0 Å². The minimum absolute atomic E-state index is 0.0248. The fraction of sp³-hybridized carbons (Fsp3) is 1.00. The van der Waals surface area contributed by atoms with E-state index in [-0.39, 0.29) is 11.5 Å². The number of methoxy groups -OCH3 is 1. The van der Waals surface area contributed by atoms with E-state index in [1.54, 1.807) is 7.11 Å². The zero-order chi connectivity index (χ0) is 14.2. The molecule has 0 aliphatic carbocycles. The molecule has 110 valence electrons. The quantitative estimate of drug-likeness (QED) is 0.628. The zero-order valence-electron chi connectivity index (χ0n) is 12.8. The first-order chi connectivity index (χ1) is 8.29. The minimum Gasteiger partial charge on any atom is -0.389 e. The van der Waals surface area contributed by atoms with E-state index in [0.29, 0.717) is 25.7 Å². The number of rotatable bonds is 10. The topological polar surface area (TPSA) is 50.7 Å². The average Bonchev–Trinajstić information content (AvgIpc) is 2.26. The Kier molecular flexibility index (Phi) is 8.78. The fourth-order valence-electron chi connectivity index (χ4n) is 1.38. The minimum atomic E-state index is -0.465. The Hall–Kier alpha value is -0.160. The van der Waals surface area contributed by atoms with Gasteiger partial charge in [-0.3, -0.25) is 0 Å². The second-order valence-corrected chi connectivity index (χ2v) is 6.03. The molecule has 0 fully saturated rings. The first-order valence-electron chi connectivity index (χ1n) is 6.79. The highest BCUT2D eigenvalue weighted by Crippen LogP contribution is 2.24. The lowest BCUT2D eigenvalue weighted by atomic mass is 9.81. The summed E-state index contributed by atoms with van der Waals surface area (Å²) in [4.78, 5) is 0. The molecule has 0 aromatic rings. The van der Waals surface area contributed by atoms with E-state index in [9.17, 15) is 5.11 Å². The van der Waals surface area contributed by atoms with Crippen LogP contribution in [0.1, 0.15) is 34.6 Å². The molecule has 18 heavy (non-hydrogen) atoms. The Bertz CT molecular complexity index is 207. The standard InChI is InChI=1S/C14H31NO3/c1-11(2)14(4,5)10-15-7-13(16)9-18-12(3)8-17-6/h11-13,15-16H,7-10H2,1-6H3. The van der Waals surface area contributed by atoms with E-state index >= 15 is 0 Å². The van der Waals surface area contributed by atoms with Gasteiger partial charge >= 0.3 is 0 Å². The van der Waals surface area contributed by atoms with Crippen LogP contribution in [0.2, 0.25) is 0 Å². The molecular weight excluding hydrogens is 230 g/mol. The van der Waals surface area contributed by atoms with Crippen molar-refractivity contribution >= 4 is 0 Å². The molecule has 0 heterocycles. The van der Waals surface area contributed by atoms with Crippen molar-refractivity contribution in [1.82, 2.24) is 5.32 Å². The van der Waals surface area contributed by atoms with Crippen LogP contribution in [0.15, 0.2) is 0 Å². The van der Waals surface area contributed by atoms with Gasteiger partial charge in [-0.1, -0.05) is 27.7 Å². The first-order valence-corrected chi connectivity index (χ1v) is 6.79. The van der Waals surface area contributed by atoms with Crippen LogP contribution >= 0.6 is 0 Å². The summed E-state index contributed by atoms with van der Waals surface area (Å²) in [6, 6.07) is 0. The van der Waals surface area contributed by atoms with Crippen molar-refractivity contribution < 1.29 is 14.6 Å². The van der Waals surface area contributed by atoms with E-state index in [1.165, 1.54) is 0 Å². The number of ether oxygens (including phenoxy) is 2. The van der Waals surface area contributed by atoms with Crippen molar-refractivity contribution in [2.24, 2.45) is 11.3 Å². The zero-order valence-corrected chi connectivity index (χ0v) is 12.8. The van der Waals surface area contributed by atoms with Crippen LogP contribution in [-0.2, 0) is 9.47 Å². The summed E-state index contributed by atoms with van der Waals surface area (Å²) in [6.07, 6.45) is -0.441. The van der Waals surface area contributed by atoms with E-state index in [0.717, 1.165) is 6.54 Å². The van der Waals surface area contributed by atoms with Crippen molar-refractivity contribution in [3.05, 3.63) is 0 Å². The number of hydrogen-bond acceptors (Lipinski definition) is 4. The Balaban J connectivity index is 3.68. The van der Waals surface area contributed by atoms with Crippen LogP contribution in [0.3, 0.4) is 0 Å². The first kappa shape index (κ1) is 17.8.